The smallest absolute Gasteiger partial charge is 0.123 e. The van der Waals surface area contributed by atoms with Crippen molar-refractivity contribution >= 4 is 27.7 Å². The summed E-state index contributed by atoms with van der Waals surface area (Å²) in [6.45, 7) is 0. The predicted molar refractivity (Wildman–Crippen MR) is 64.6 cm³/mol. The van der Waals surface area contributed by atoms with Crippen LogP contribution in [-0.4, -0.2) is 8.75 Å². The molecule has 0 spiro atoms. The van der Waals surface area contributed by atoms with E-state index in [1.807, 2.05) is 0 Å². The van der Waals surface area contributed by atoms with Gasteiger partial charge in [-0.25, -0.2) is 4.39 Å². The van der Waals surface area contributed by atoms with E-state index in [9.17, 15) is 4.39 Å². The van der Waals surface area contributed by atoms with E-state index >= 15 is 0 Å². The van der Waals surface area contributed by atoms with Gasteiger partial charge in [-0.05, 0) is 30.2 Å². The van der Waals surface area contributed by atoms with Gasteiger partial charge in [0.05, 0.1) is 29.7 Å². The van der Waals surface area contributed by atoms with Crippen LogP contribution >= 0.6 is 27.7 Å². The zero-order chi connectivity index (χ0) is 11.5. The molecule has 0 aliphatic carbocycles. The van der Waals surface area contributed by atoms with Crippen molar-refractivity contribution in [3.63, 3.8) is 0 Å². The standard InChI is InChI=1S/C10H9BrFN3S/c11-8-2-1-7(12)3-6(8)4-9(13)10-5-14-16-15-10/h1-3,5,9H,4,13H2. The van der Waals surface area contributed by atoms with Gasteiger partial charge in [-0.15, -0.1) is 0 Å². The molecule has 2 rings (SSSR count). The van der Waals surface area contributed by atoms with Crippen molar-refractivity contribution < 1.29 is 4.39 Å². The third-order valence-corrected chi connectivity index (χ3v) is 3.47. The topological polar surface area (TPSA) is 51.8 Å². The number of aromatic nitrogens is 2. The van der Waals surface area contributed by atoms with Crippen LogP contribution < -0.4 is 5.73 Å². The highest BCUT2D eigenvalue weighted by Crippen LogP contribution is 2.22. The summed E-state index contributed by atoms with van der Waals surface area (Å²) in [7, 11) is 0. The molecule has 3 nitrogen and oxygen atoms in total. The van der Waals surface area contributed by atoms with E-state index in [1.54, 1.807) is 12.3 Å². The molecule has 2 aromatic rings. The maximum Gasteiger partial charge on any atom is 0.123 e. The maximum atomic E-state index is 13.1. The lowest BCUT2D eigenvalue weighted by Crippen LogP contribution is -2.14. The van der Waals surface area contributed by atoms with E-state index in [2.05, 4.69) is 24.7 Å². The molecule has 6 heteroatoms. The predicted octanol–water partition coefficient (Wildman–Crippen LogP) is 2.68. The van der Waals surface area contributed by atoms with E-state index in [0.29, 0.717) is 6.42 Å². The molecule has 2 N–H and O–H groups in total. The Balaban J connectivity index is 2.17. The van der Waals surface area contributed by atoms with E-state index in [-0.39, 0.29) is 11.9 Å². The SMILES string of the molecule is NC(Cc1cc(F)ccc1Br)c1cnsn1. The molecule has 1 aromatic heterocycles. The van der Waals surface area contributed by atoms with Crippen LogP contribution in [0.2, 0.25) is 0 Å². The van der Waals surface area contributed by atoms with Crippen LogP contribution in [0.3, 0.4) is 0 Å². The van der Waals surface area contributed by atoms with Crippen LogP contribution in [-0.2, 0) is 6.42 Å². The highest BCUT2D eigenvalue weighted by atomic mass is 79.9. The summed E-state index contributed by atoms with van der Waals surface area (Å²) < 4.78 is 21.9. The van der Waals surface area contributed by atoms with Gasteiger partial charge in [-0.3, -0.25) is 0 Å². The Bertz CT molecular complexity index is 475. The monoisotopic (exact) mass is 301 g/mol. The molecule has 1 unspecified atom stereocenters. The van der Waals surface area contributed by atoms with Crippen LogP contribution in [0, 0.1) is 5.82 Å². The summed E-state index contributed by atoms with van der Waals surface area (Å²) in [5.74, 6) is -0.262. The Morgan fingerprint density at radius 1 is 1.50 bits per heavy atom. The van der Waals surface area contributed by atoms with Crippen molar-refractivity contribution in [3.05, 3.63) is 45.9 Å². The Morgan fingerprint density at radius 3 is 3.00 bits per heavy atom. The van der Waals surface area contributed by atoms with Gasteiger partial charge < -0.3 is 5.73 Å². The molecule has 0 saturated heterocycles. The van der Waals surface area contributed by atoms with Crippen LogP contribution in [0.5, 0.6) is 0 Å². The fraction of sp³-hybridized carbons (Fsp3) is 0.200. The van der Waals surface area contributed by atoms with Gasteiger partial charge >= 0.3 is 0 Å². The molecule has 0 amide bonds. The van der Waals surface area contributed by atoms with Crippen LogP contribution in [0.4, 0.5) is 4.39 Å². The lowest BCUT2D eigenvalue weighted by atomic mass is 10.0. The van der Waals surface area contributed by atoms with Crippen molar-refractivity contribution in [2.75, 3.05) is 0 Å². The van der Waals surface area contributed by atoms with Crippen molar-refractivity contribution in [3.8, 4) is 0 Å². The van der Waals surface area contributed by atoms with Gasteiger partial charge in [0.2, 0.25) is 0 Å². The summed E-state index contributed by atoms with van der Waals surface area (Å²) in [5, 5.41) is 0. The van der Waals surface area contributed by atoms with Gasteiger partial charge in [0.25, 0.3) is 0 Å². The first-order chi connectivity index (χ1) is 7.66. The summed E-state index contributed by atoms with van der Waals surface area (Å²) >= 11 is 4.49. The van der Waals surface area contributed by atoms with Crippen molar-refractivity contribution in [1.82, 2.24) is 8.75 Å². The first-order valence-electron chi connectivity index (χ1n) is 4.64. The quantitative estimate of drug-likeness (QED) is 0.948. The molecule has 0 fully saturated rings. The number of hydrogen-bond acceptors (Lipinski definition) is 4. The largest absolute Gasteiger partial charge is 0.322 e. The van der Waals surface area contributed by atoms with Crippen LogP contribution in [0.1, 0.15) is 17.3 Å². The fourth-order valence-corrected chi connectivity index (χ4v) is 2.26. The second-order valence-corrected chi connectivity index (χ2v) is 4.79. The zero-order valence-corrected chi connectivity index (χ0v) is 10.6. The van der Waals surface area contributed by atoms with Crippen LogP contribution in [0.15, 0.2) is 28.9 Å². The Kier molecular flexibility index (Phi) is 3.63. The minimum atomic E-state index is -0.262. The van der Waals surface area contributed by atoms with Gasteiger partial charge in [-0.1, -0.05) is 15.9 Å². The van der Waals surface area contributed by atoms with E-state index in [1.165, 1.54) is 12.1 Å². The molecule has 1 heterocycles. The van der Waals surface area contributed by atoms with E-state index in [4.69, 9.17) is 5.73 Å². The lowest BCUT2D eigenvalue weighted by molar-refractivity contribution is 0.620. The molecule has 0 aliphatic heterocycles. The highest BCUT2D eigenvalue weighted by Gasteiger charge is 2.12. The maximum absolute atomic E-state index is 13.1. The number of benzene rings is 1. The zero-order valence-electron chi connectivity index (χ0n) is 8.23. The van der Waals surface area contributed by atoms with Crippen LogP contribution in [0.25, 0.3) is 0 Å². The molecule has 0 saturated carbocycles. The molecular formula is C10H9BrFN3S. The van der Waals surface area contributed by atoms with Gasteiger partial charge in [0, 0.05) is 4.47 Å². The number of rotatable bonds is 3. The third-order valence-electron chi connectivity index (χ3n) is 2.21. The summed E-state index contributed by atoms with van der Waals surface area (Å²) in [4.78, 5) is 0. The normalized spacial score (nSPS) is 12.7. The molecular weight excluding hydrogens is 293 g/mol. The molecule has 0 bridgehead atoms. The second kappa shape index (κ2) is 4.99. The fourth-order valence-electron chi connectivity index (χ4n) is 1.38. The van der Waals surface area contributed by atoms with E-state index < -0.39 is 0 Å². The molecule has 0 radical (unpaired) electrons. The average Bonchev–Trinajstić information content (AvgIpc) is 2.76. The lowest BCUT2D eigenvalue weighted by Gasteiger charge is -2.10. The minimum Gasteiger partial charge on any atom is -0.322 e. The number of nitrogens with zero attached hydrogens (tertiary/aromatic N) is 2. The van der Waals surface area contributed by atoms with Gasteiger partial charge in [0.15, 0.2) is 0 Å². The molecule has 0 aliphatic rings. The minimum absolute atomic E-state index is 0.253. The summed E-state index contributed by atoms with van der Waals surface area (Å²) in [6.07, 6.45) is 2.17. The number of hydrogen-bond donors (Lipinski definition) is 1. The Morgan fingerprint density at radius 2 is 2.31 bits per heavy atom. The van der Waals surface area contributed by atoms with Gasteiger partial charge in [-0.2, -0.15) is 8.75 Å². The van der Waals surface area contributed by atoms with Crippen molar-refractivity contribution in [1.29, 1.82) is 0 Å². The first-order valence-corrected chi connectivity index (χ1v) is 6.16. The average molecular weight is 302 g/mol. The number of halogens is 2. The Hall–Kier alpha value is -0.850. The molecule has 1 atom stereocenters. The molecule has 84 valence electrons. The van der Waals surface area contributed by atoms with E-state index in [0.717, 1.165) is 27.5 Å². The third kappa shape index (κ3) is 2.63. The molecule has 16 heavy (non-hydrogen) atoms. The van der Waals surface area contributed by atoms with Gasteiger partial charge in [0.1, 0.15) is 5.82 Å². The van der Waals surface area contributed by atoms with Crippen molar-refractivity contribution in [2.24, 2.45) is 5.73 Å². The van der Waals surface area contributed by atoms with Crippen molar-refractivity contribution in [2.45, 2.75) is 12.5 Å². The second-order valence-electron chi connectivity index (χ2n) is 3.38. The Labute approximate surface area is 105 Å². The summed E-state index contributed by atoms with van der Waals surface area (Å²) in [5.41, 5.74) is 7.52. The number of nitrogens with two attached hydrogens (primary N) is 1. The summed E-state index contributed by atoms with van der Waals surface area (Å²) in [6, 6.07) is 4.31. The molecule has 1 aromatic carbocycles. The first kappa shape index (κ1) is 11.6. The highest BCUT2D eigenvalue weighted by molar-refractivity contribution is 9.10.